The van der Waals surface area contributed by atoms with Crippen LogP contribution in [0.3, 0.4) is 0 Å². The number of hydrogen-bond donors (Lipinski definition) is 0. The van der Waals surface area contributed by atoms with Crippen LogP contribution in [-0.4, -0.2) is 4.98 Å². The van der Waals surface area contributed by atoms with E-state index in [1.54, 1.807) is 0 Å². The highest BCUT2D eigenvalue weighted by molar-refractivity contribution is 5.34. The molecule has 0 unspecified atom stereocenters. The van der Waals surface area contributed by atoms with Gasteiger partial charge in [-0.1, -0.05) is 0 Å². The van der Waals surface area contributed by atoms with Crippen LogP contribution in [0.2, 0.25) is 0 Å². The van der Waals surface area contributed by atoms with E-state index in [-0.39, 0.29) is 11.6 Å². The summed E-state index contributed by atoms with van der Waals surface area (Å²) in [6.45, 7) is 0. The van der Waals surface area contributed by atoms with Crippen LogP contribution in [0, 0.1) is 23.0 Å². The number of nitrogens with zero attached hydrogens (tertiary/aromatic N) is 2. The van der Waals surface area contributed by atoms with Gasteiger partial charge in [0, 0.05) is 18.3 Å². The highest BCUT2D eigenvalue weighted by Gasteiger charge is 2.05. The molecule has 0 fully saturated rings. The second kappa shape index (κ2) is 4.58. The van der Waals surface area contributed by atoms with Crippen molar-refractivity contribution in [3.63, 3.8) is 0 Å². The molecular formula is C12H6F2N2O. The van der Waals surface area contributed by atoms with Crippen molar-refractivity contribution in [3.8, 4) is 17.7 Å². The number of nitriles is 1. The fourth-order valence-electron chi connectivity index (χ4n) is 1.20. The quantitative estimate of drug-likeness (QED) is 0.799. The van der Waals surface area contributed by atoms with Crippen LogP contribution in [0.1, 0.15) is 5.56 Å². The van der Waals surface area contributed by atoms with Gasteiger partial charge in [0.2, 0.25) is 5.88 Å². The summed E-state index contributed by atoms with van der Waals surface area (Å²) >= 11 is 0. The minimum atomic E-state index is -1.00. The first kappa shape index (κ1) is 11.0. The standard InChI is InChI=1S/C12H6F2N2O/c13-10-2-1-9(6-11(10)14)17-12-5-8(7-15)3-4-16-12/h1-6H. The van der Waals surface area contributed by atoms with E-state index in [2.05, 4.69) is 4.98 Å². The normalized spacial score (nSPS) is 9.71. The van der Waals surface area contributed by atoms with Crippen LogP contribution < -0.4 is 4.74 Å². The number of benzene rings is 1. The molecule has 0 radical (unpaired) electrons. The highest BCUT2D eigenvalue weighted by Crippen LogP contribution is 2.21. The van der Waals surface area contributed by atoms with Gasteiger partial charge < -0.3 is 4.74 Å². The van der Waals surface area contributed by atoms with E-state index in [1.165, 1.54) is 24.4 Å². The predicted molar refractivity (Wildman–Crippen MR) is 55.4 cm³/mol. The maximum Gasteiger partial charge on any atom is 0.220 e. The van der Waals surface area contributed by atoms with E-state index < -0.39 is 11.6 Å². The Bertz CT molecular complexity index is 593. The molecule has 1 heterocycles. The van der Waals surface area contributed by atoms with Gasteiger partial charge in [0.25, 0.3) is 0 Å². The molecule has 0 spiro atoms. The molecule has 2 aromatic rings. The highest BCUT2D eigenvalue weighted by atomic mass is 19.2. The molecule has 84 valence electrons. The molecule has 0 saturated heterocycles. The van der Waals surface area contributed by atoms with Crippen molar-refractivity contribution >= 4 is 0 Å². The average Bonchev–Trinajstić information content (AvgIpc) is 2.34. The summed E-state index contributed by atoms with van der Waals surface area (Å²) in [4.78, 5) is 3.85. The van der Waals surface area contributed by atoms with Gasteiger partial charge in [-0.3, -0.25) is 0 Å². The fraction of sp³-hybridized carbons (Fsp3) is 0. The van der Waals surface area contributed by atoms with Crippen molar-refractivity contribution in [1.82, 2.24) is 4.98 Å². The number of rotatable bonds is 2. The molecule has 3 nitrogen and oxygen atoms in total. The number of hydrogen-bond acceptors (Lipinski definition) is 3. The molecule has 1 aromatic carbocycles. The zero-order valence-electron chi connectivity index (χ0n) is 8.52. The topological polar surface area (TPSA) is 45.9 Å². The second-order valence-corrected chi connectivity index (χ2v) is 3.17. The average molecular weight is 232 g/mol. The van der Waals surface area contributed by atoms with Crippen molar-refractivity contribution in [2.75, 3.05) is 0 Å². The Morgan fingerprint density at radius 1 is 1.12 bits per heavy atom. The molecule has 0 bridgehead atoms. The fourth-order valence-corrected chi connectivity index (χ4v) is 1.20. The minimum absolute atomic E-state index is 0.117. The van der Waals surface area contributed by atoms with Crippen LogP contribution >= 0.6 is 0 Å². The summed E-state index contributed by atoms with van der Waals surface area (Å²) < 4.78 is 30.8. The molecule has 0 atom stereocenters. The van der Waals surface area contributed by atoms with Gasteiger partial charge in [-0.15, -0.1) is 0 Å². The van der Waals surface area contributed by atoms with Crippen LogP contribution in [0.25, 0.3) is 0 Å². The lowest BCUT2D eigenvalue weighted by Gasteiger charge is -2.04. The smallest absolute Gasteiger partial charge is 0.220 e. The van der Waals surface area contributed by atoms with Crippen LogP contribution in [-0.2, 0) is 0 Å². The molecule has 0 N–H and O–H groups in total. The largest absolute Gasteiger partial charge is 0.439 e. The van der Waals surface area contributed by atoms with E-state index >= 15 is 0 Å². The van der Waals surface area contributed by atoms with Crippen molar-refractivity contribution < 1.29 is 13.5 Å². The van der Waals surface area contributed by atoms with E-state index in [4.69, 9.17) is 10.00 Å². The third-order valence-corrected chi connectivity index (χ3v) is 1.98. The Labute approximate surface area is 95.9 Å². The summed E-state index contributed by atoms with van der Waals surface area (Å²) in [7, 11) is 0. The molecule has 0 aliphatic carbocycles. The Balaban J connectivity index is 2.25. The van der Waals surface area contributed by atoms with Crippen LogP contribution in [0.4, 0.5) is 8.78 Å². The monoisotopic (exact) mass is 232 g/mol. The van der Waals surface area contributed by atoms with Gasteiger partial charge in [0.15, 0.2) is 11.6 Å². The molecule has 0 saturated carbocycles. The maximum atomic E-state index is 12.9. The molecule has 17 heavy (non-hydrogen) atoms. The molecule has 1 aromatic heterocycles. The summed E-state index contributed by atoms with van der Waals surface area (Å²) in [5.41, 5.74) is 0.373. The van der Waals surface area contributed by atoms with Crippen LogP contribution in [0.5, 0.6) is 11.6 Å². The van der Waals surface area contributed by atoms with Crippen molar-refractivity contribution in [1.29, 1.82) is 5.26 Å². The maximum absolute atomic E-state index is 12.9. The lowest BCUT2D eigenvalue weighted by atomic mass is 10.3. The van der Waals surface area contributed by atoms with Gasteiger partial charge in [0.1, 0.15) is 5.75 Å². The Kier molecular flexibility index (Phi) is 2.97. The lowest BCUT2D eigenvalue weighted by Crippen LogP contribution is -1.90. The minimum Gasteiger partial charge on any atom is -0.439 e. The predicted octanol–water partition coefficient (Wildman–Crippen LogP) is 3.02. The summed E-state index contributed by atoms with van der Waals surface area (Å²) in [6, 6.07) is 7.98. The van der Waals surface area contributed by atoms with E-state index in [1.807, 2.05) is 6.07 Å². The Morgan fingerprint density at radius 3 is 2.65 bits per heavy atom. The summed E-state index contributed by atoms with van der Waals surface area (Å²) in [6.07, 6.45) is 1.40. The zero-order valence-corrected chi connectivity index (χ0v) is 8.52. The first-order valence-corrected chi connectivity index (χ1v) is 4.68. The summed E-state index contributed by atoms with van der Waals surface area (Å²) in [5.74, 6) is -1.68. The molecular weight excluding hydrogens is 226 g/mol. The van der Waals surface area contributed by atoms with E-state index in [9.17, 15) is 8.78 Å². The number of ether oxygens (including phenoxy) is 1. The molecule has 0 aliphatic rings. The van der Waals surface area contributed by atoms with Crippen molar-refractivity contribution in [2.45, 2.75) is 0 Å². The van der Waals surface area contributed by atoms with Gasteiger partial charge in [-0.05, 0) is 18.2 Å². The zero-order chi connectivity index (χ0) is 12.3. The third kappa shape index (κ3) is 2.55. The summed E-state index contributed by atoms with van der Waals surface area (Å²) in [5, 5.41) is 8.67. The Hall–Kier alpha value is -2.48. The van der Waals surface area contributed by atoms with Crippen molar-refractivity contribution in [3.05, 3.63) is 53.7 Å². The third-order valence-electron chi connectivity index (χ3n) is 1.98. The second-order valence-electron chi connectivity index (χ2n) is 3.17. The Morgan fingerprint density at radius 2 is 1.94 bits per heavy atom. The van der Waals surface area contributed by atoms with Crippen molar-refractivity contribution in [2.24, 2.45) is 0 Å². The lowest BCUT2D eigenvalue weighted by molar-refractivity contribution is 0.447. The number of pyridine rings is 1. The first-order valence-electron chi connectivity index (χ1n) is 4.68. The molecule has 5 heteroatoms. The number of aromatic nitrogens is 1. The van der Waals surface area contributed by atoms with Crippen LogP contribution in [0.15, 0.2) is 36.5 Å². The van der Waals surface area contributed by atoms with Gasteiger partial charge >= 0.3 is 0 Å². The molecule has 0 aliphatic heterocycles. The number of halogens is 2. The van der Waals surface area contributed by atoms with E-state index in [0.717, 1.165) is 12.1 Å². The molecule has 0 amide bonds. The first-order chi connectivity index (χ1) is 8.19. The van der Waals surface area contributed by atoms with Gasteiger partial charge in [-0.25, -0.2) is 13.8 Å². The molecule has 2 rings (SSSR count). The van der Waals surface area contributed by atoms with E-state index in [0.29, 0.717) is 5.56 Å². The van der Waals surface area contributed by atoms with Gasteiger partial charge in [-0.2, -0.15) is 5.26 Å². The van der Waals surface area contributed by atoms with Gasteiger partial charge in [0.05, 0.1) is 11.6 Å². The SMILES string of the molecule is N#Cc1ccnc(Oc2ccc(F)c(F)c2)c1.